The summed E-state index contributed by atoms with van der Waals surface area (Å²) in [5.74, 6) is 0.779. The zero-order valence-corrected chi connectivity index (χ0v) is 10.6. The van der Waals surface area contributed by atoms with Crippen LogP contribution in [0, 0.1) is 5.92 Å². The molecule has 0 aliphatic heterocycles. The Morgan fingerprint density at radius 2 is 2.12 bits per heavy atom. The standard InChI is InChI=1S/C13H18O2S/c1-3-6-10(2)9-16-12-8-5-4-7-11(12)13(14)15/h4-5,7-8,10H,3,6,9H2,1-2H3,(H,14,15). The Morgan fingerprint density at radius 1 is 1.44 bits per heavy atom. The van der Waals surface area contributed by atoms with Crippen molar-refractivity contribution < 1.29 is 9.90 Å². The second-order valence-corrected chi connectivity index (χ2v) is 5.07. The molecule has 1 aromatic rings. The molecule has 0 aliphatic carbocycles. The molecule has 2 nitrogen and oxygen atoms in total. The number of rotatable bonds is 6. The molecule has 0 amide bonds. The molecule has 1 aromatic carbocycles. The van der Waals surface area contributed by atoms with E-state index < -0.39 is 5.97 Å². The monoisotopic (exact) mass is 238 g/mol. The average molecular weight is 238 g/mol. The second kappa shape index (κ2) is 6.59. The SMILES string of the molecule is CCCC(C)CSc1ccccc1C(=O)O. The van der Waals surface area contributed by atoms with Gasteiger partial charge in [0.15, 0.2) is 0 Å². The van der Waals surface area contributed by atoms with Crippen molar-refractivity contribution in [3.05, 3.63) is 29.8 Å². The summed E-state index contributed by atoms with van der Waals surface area (Å²) < 4.78 is 0. The average Bonchev–Trinajstić information content (AvgIpc) is 2.27. The third-order valence-electron chi connectivity index (χ3n) is 2.42. The van der Waals surface area contributed by atoms with Gasteiger partial charge in [0, 0.05) is 10.6 Å². The third-order valence-corrected chi connectivity index (χ3v) is 3.82. The maximum absolute atomic E-state index is 11.0. The van der Waals surface area contributed by atoms with Crippen LogP contribution in [0.25, 0.3) is 0 Å². The molecule has 0 saturated heterocycles. The van der Waals surface area contributed by atoms with Gasteiger partial charge in [0.2, 0.25) is 0 Å². The number of hydrogen-bond donors (Lipinski definition) is 1. The van der Waals surface area contributed by atoms with E-state index in [0.717, 1.165) is 10.6 Å². The summed E-state index contributed by atoms with van der Waals surface area (Å²) in [6.45, 7) is 4.38. The highest BCUT2D eigenvalue weighted by Crippen LogP contribution is 2.25. The van der Waals surface area contributed by atoms with Crippen LogP contribution >= 0.6 is 11.8 Å². The maximum Gasteiger partial charge on any atom is 0.336 e. The number of hydrogen-bond acceptors (Lipinski definition) is 2. The summed E-state index contributed by atoms with van der Waals surface area (Å²) in [6.07, 6.45) is 2.38. The highest BCUT2D eigenvalue weighted by atomic mass is 32.2. The Hall–Kier alpha value is -0.960. The molecule has 0 radical (unpaired) electrons. The summed E-state index contributed by atoms with van der Waals surface area (Å²) in [6, 6.07) is 7.20. The van der Waals surface area contributed by atoms with Gasteiger partial charge in [-0.1, -0.05) is 38.8 Å². The van der Waals surface area contributed by atoms with Crippen LogP contribution in [0.4, 0.5) is 0 Å². The lowest BCUT2D eigenvalue weighted by Gasteiger charge is -2.10. The van der Waals surface area contributed by atoms with Gasteiger partial charge in [-0.25, -0.2) is 4.79 Å². The molecule has 1 N–H and O–H groups in total. The van der Waals surface area contributed by atoms with Crippen molar-refractivity contribution in [3.8, 4) is 0 Å². The summed E-state index contributed by atoms with van der Waals surface area (Å²) in [4.78, 5) is 11.9. The van der Waals surface area contributed by atoms with E-state index in [2.05, 4.69) is 13.8 Å². The molecule has 0 saturated carbocycles. The number of carboxylic acids is 1. The molecule has 1 unspecified atom stereocenters. The molecule has 88 valence electrons. The molecular formula is C13H18O2S. The molecule has 0 bridgehead atoms. The molecule has 16 heavy (non-hydrogen) atoms. The minimum Gasteiger partial charge on any atom is -0.478 e. The lowest BCUT2D eigenvalue weighted by molar-refractivity contribution is 0.0693. The van der Waals surface area contributed by atoms with Crippen molar-refractivity contribution in [1.82, 2.24) is 0 Å². The summed E-state index contributed by atoms with van der Waals surface area (Å²) in [7, 11) is 0. The Kier molecular flexibility index (Phi) is 5.39. The van der Waals surface area contributed by atoms with Crippen molar-refractivity contribution >= 4 is 17.7 Å². The predicted molar refractivity (Wildman–Crippen MR) is 68.2 cm³/mol. The summed E-state index contributed by atoms with van der Waals surface area (Å²) in [5.41, 5.74) is 0.413. The van der Waals surface area contributed by atoms with E-state index in [1.165, 1.54) is 12.8 Å². The van der Waals surface area contributed by atoms with Gasteiger partial charge in [0.25, 0.3) is 0 Å². The van der Waals surface area contributed by atoms with Crippen molar-refractivity contribution in [2.45, 2.75) is 31.6 Å². The molecule has 3 heteroatoms. The van der Waals surface area contributed by atoms with E-state index in [0.29, 0.717) is 11.5 Å². The van der Waals surface area contributed by atoms with Gasteiger partial charge >= 0.3 is 5.97 Å². The Morgan fingerprint density at radius 3 is 2.75 bits per heavy atom. The maximum atomic E-state index is 11.0. The first kappa shape index (κ1) is 13.1. The zero-order valence-electron chi connectivity index (χ0n) is 9.77. The molecule has 1 rings (SSSR count). The minimum atomic E-state index is -0.841. The van der Waals surface area contributed by atoms with Crippen molar-refractivity contribution in [2.24, 2.45) is 5.92 Å². The van der Waals surface area contributed by atoms with Gasteiger partial charge in [-0.3, -0.25) is 0 Å². The van der Waals surface area contributed by atoms with Crippen LogP contribution in [0.3, 0.4) is 0 Å². The van der Waals surface area contributed by atoms with E-state index in [1.807, 2.05) is 12.1 Å². The largest absolute Gasteiger partial charge is 0.478 e. The molecule has 0 aromatic heterocycles. The van der Waals surface area contributed by atoms with Crippen LogP contribution in [0.2, 0.25) is 0 Å². The van der Waals surface area contributed by atoms with Crippen LogP contribution in [0.1, 0.15) is 37.0 Å². The van der Waals surface area contributed by atoms with Crippen molar-refractivity contribution in [1.29, 1.82) is 0 Å². The van der Waals surface area contributed by atoms with Gasteiger partial charge in [0.05, 0.1) is 5.56 Å². The van der Waals surface area contributed by atoms with Crippen LogP contribution < -0.4 is 0 Å². The fourth-order valence-electron chi connectivity index (χ4n) is 1.58. The molecule has 0 fully saturated rings. The number of thioether (sulfide) groups is 1. The van der Waals surface area contributed by atoms with Gasteiger partial charge in [-0.05, 0) is 18.1 Å². The quantitative estimate of drug-likeness (QED) is 0.763. The molecule has 0 spiro atoms. The molecule has 0 aliphatic rings. The Labute approximate surface area is 101 Å². The zero-order chi connectivity index (χ0) is 12.0. The van der Waals surface area contributed by atoms with E-state index >= 15 is 0 Å². The predicted octanol–water partition coefficient (Wildman–Crippen LogP) is 3.91. The minimum absolute atomic E-state index is 0.413. The first-order valence-electron chi connectivity index (χ1n) is 5.60. The van der Waals surface area contributed by atoms with Gasteiger partial charge in [-0.15, -0.1) is 11.8 Å². The number of carboxylic acid groups (broad SMARTS) is 1. The summed E-state index contributed by atoms with van der Waals surface area (Å²) in [5, 5.41) is 9.02. The first-order valence-corrected chi connectivity index (χ1v) is 6.58. The van der Waals surface area contributed by atoms with Gasteiger partial charge in [0.1, 0.15) is 0 Å². The number of aromatic carboxylic acids is 1. The Bertz CT molecular complexity index is 350. The van der Waals surface area contributed by atoms with Crippen LogP contribution in [0.5, 0.6) is 0 Å². The van der Waals surface area contributed by atoms with E-state index in [9.17, 15) is 4.79 Å². The topological polar surface area (TPSA) is 37.3 Å². The number of carbonyl (C=O) groups is 1. The summed E-state index contributed by atoms with van der Waals surface area (Å²) >= 11 is 1.64. The van der Waals surface area contributed by atoms with Crippen molar-refractivity contribution in [3.63, 3.8) is 0 Å². The second-order valence-electron chi connectivity index (χ2n) is 4.01. The highest BCUT2D eigenvalue weighted by molar-refractivity contribution is 7.99. The first-order chi connectivity index (χ1) is 7.65. The van der Waals surface area contributed by atoms with Crippen molar-refractivity contribution in [2.75, 3.05) is 5.75 Å². The lowest BCUT2D eigenvalue weighted by Crippen LogP contribution is -2.01. The highest BCUT2D eigenvalue weighted by Gasteiger charge is 2.10. The molecule has 0 heterocycles. The fraction of sp³-hybridized carbons (Fsp3) is 0.462. The van der Waals surface area contributed by atoms with Gasteiger partial charge in [-0.2, -0.15) is 0 Å². The molecular weight excluding hydrogens is 220 g/mol. The molecule has 1 atom stereocenters. The van der Waals surface area contributed by atoms with E-state index in [4.69, 9.17) is 5.11 Å². The van der Waals surface area contributed by atoms with Gasteiger partial charge < -0.3 is 5.11 Å². The van der Waals surface area contributed by atoms with Crippen LogP contribution in [-0.4, -0.2) is 16.8 Å². The third kappa shape index (κ3) is 3.89. The van der Waals surface area contributed by atoms with E-state index in [1.54, 1.807) is 23.9 Å². The van der Waals surface area contributed by atoms with Crippen LogP contribution in [-0.2, 0) is 0 Å². The fourth-order valence-corrected chi connectivity index (χ4v) is 2.69. The van der Waals surface area contributed by atoms with E-state index in [-0.39, 0.29) is 0 Å². The lowest BCUT2D eigenvalue weighted by atomic mass is 10.1. The number of benzene rings is 1. The normalized spacial score (nSPS) is 12.4. The Balaban J connectivity index is 2.63. The van der Waals surface area contributed by atoms with Crippen LogP contribution in [0.15, 0.2) is 29.2 Å². The smallest absolute Gasteiger partial charge is 0.336 e.